The molecular weight excluding hydrogens is 222 g/mol. The molecule has 0 aromatic heterocycles. The van der Waals surface area contributed by atoms with Gasteiger partial charge in [0, 0.05) is 6.04 Å². The van der Waals surface area contributed by atoms with Crippen LogP contribution in [0.3, 0.4) is 0 Å². The molecule has 0 aromatic carbocycles. The van der Waals surface area contributed by atoms with Gasteiger partial charge in [-0.1, -0.05) is 12.2 Å². The van der Waals surface area contributed by atoms with Crippen LogP contribution in [0.4, 0.5) is 0 Å². The third-order valence-corrected chi connectivity index (χ3v) is 2.28. The van der Waals surface area contributed by atoms with Gasteiger partial charge in [-0.2, -0.15) is 0 Å². The Labute approximate surface area is 104 Å². The molecule has 94 valence electrons. The summed E-state index contributed by atoms with van der Waals surface area (Å²) in [6.07, 6.45) is 2.80. The summed E-state index contributed by atoms with van der Waals surface area (Å²) >= 11 is 4.79. The Morgan fingerprint density at radius 1 is 1.44 bits per heavy atom. The molecule has 0 aliphatic heterocycles. The fourth-order valence-electron chi connectivity index (χ4n) is 1.37. The lowest BCUT2D eigenvalue weighted by Crippen LogP contribution is -2.38. The molecule has 0 aromatic rings. The number of hydrogen-bond acceptors (Lipinski definition) is 3. The van der Waals surface area contributed by atoms with Gasteiger partial charge >= 0.3 is 0 Å². The molecule has 0 atom stereocenters. The Hall–Kier alpha value is -0.680. The van der Waals surface area contributed by atoms with Crippen LogP contribution >= 0.6 is 12.2 Å². The molecule has 0 spiro atoms. The van der Waals surface area contributed by atoms with Crippen molar-refractivity contribution in [2.75, 3.05) is 20.1 Å². The van der Waals surface area contributed by atoms with Gasteiger partial charge in [-0.3, -0.25) is 9.69 Å². The predicted molar refractivity (Wildman–Crippen MR) is 71.4 cm³/mol. The molecule has 1 amide bonds. The van der Waals surface area contributed by atoms with Crippen LogP contribution in [0.15, 0.2) is 0 Å². The summed E-state index contributed by atoms with van der Waals surface area (Å²) in [6, 6.07) is 0.204. The van der Waals surface area contributed by atoms with Crippen molar-refractivity contribution in [3.63, 3.8) is 0 Å². The third kappa shape index (κ3) is 9.86. The highest BCUT2D eigenvalue weighted by molar-refractivity contribution is 7.80. The lowest BCUT2D eigenvalue weighted by Gasteiger charge is -2.17. The Balaban J connectivity index is 3.54. The number of thiocarbonyl (C=S) groups is 1. The van der Waals surface area contributed by atoms with Crippen molar-refractivity contribution in [3.8, 4) is 0 Å². The number of amides is 1. The van der Waals surface area contributed by atoms with Crippen molar-refractivity contribution in [2.24, 2.45) is 5.73 Å². The quantitative estimate of drug-likeness (QED) is 0.493. The molecule has 0 radical (unpaired) electrons. The van der Waals surface area contributed by atoms with Crippen LogP contribution in [-0.4, -0.2) is 42.0 Å². The van der Waals surface area contributed by atoms with E-state index in [2.05, 4.69) is 5.32 Å². The van der Waals surface area contributed by atoms with Gasteiger partial charge < -0.3 is 11.1 Å². The second kappa shape index (κ2) is 8.47. The SMILES string of the molecule is CC(C)NC(=O)CN(C)CCCCC(N)=S. The fourth-order valence-corrected chi connectivity index (χ4v) is 1.52. The molecule has 4 nitrogen and oxygen atoms in total. The summed E-state index contributed by atoms with van der Waals surface area (Å²) < 4.78 is 0. The van der Waals surface area contributed by atoms with Gasteiger partial charge in [0.1, 0.15) is 0 Å². The first kappa shape index (κ1) is 15.3. The number of nitrogens with two attached hydrogens (primary N) is 1. The molecule has 3 N–H and O–H groups in total. The van der Waals surface area contributed by atoms with Crippen molar-refractivity contribution in [1.82, 2.24) is 10.2 Å². The van der Waals surface area contributed by atoms with E-state index in [0.717, 1.165) is 25.8 Å². The summed E-state index contributed by atoms with van der Waals surface area (Å²) in [7, 11) is 1.95. The normalized spacial score (nSPS) is 10.8. The number of nitrogens with zero attached hydrogens (tertiary/aromatic N) is 1. The van der Waals surface area contributed by atoms with Crippen molar-refractivity contribution in [1.29, 1.82) is 0 Å². The van der Waals surface area contributed by atoms with E-state index in [4.69, 9.17) is 18.0 Å². The molecule has 16 heavy (non-hydrogen) atoms. The molecular formula is C11H23N3OS. The standard InChI is InChI=1S/C11H23N3OS/c1-9(2)13-11(15)8-14(3)7-5-4-6-10(12)16/h9H,4-8H2,1-3H3,(H2,12,16)(H,13,15). The van der Waals surface area contributed by atoms with E-state index in [-0.39, 0.29) is 11.9 Å². The minimum absolute atomic E-state index is 0.0758. The van der Waals surface area contributed by atoms with Gasteiger partial charge in [-0.05, 0) is 46.7 Å². The second-order valence-electron chi connectivity index (χ2n) is 4.38. The zero-order valence-corrected chi connectivity index (χ0v) is 11.3. The Morgan fingerprint density at radius 2 is 2.06 bits per heavy atom. The molecule has 0 unspecified atom stereocenters. The number of carbonyl (C=O) groups is 1. The topological polar surface area (TPSA) is 58.4 Å². The number of hydrogen-bond donors (Lipinski definition) is 2. The van der Waals surface area contributed by atoms with Crippen LogP contribution in [-0.2, 0) is 4.79 Å². The van der Waals surface area contributed by atoms with Crippen LogP contribution in [0.2, 0.25) is 0 Å². The lowest BCUT2D eigenvalue weighted by molar-refractivity contribution is -0.122. The molecule has 0 aliphatic rings. The third-order valence-electron chi connectivity index (χ3n) is 2.08. The first-order chi connectivity index (χ1) is 7.41. The van der Waals surface area contributed by atoms with Gasteiger partial charge in [-0.15, -0.1) is 0 Å². The zero-order valence-electron chi connectivity index (χ0n) is 10.5. The average molecular weight is 245 g/mol. The highest BCUT2D eigenvalue weighted by atomic mass is 32.1. The summed E-state index contributed by atoms with van der Waals surface area (Å²) in [4.78, 5) is 14.0. The summed E-state index contributed by atoms with van der Waals surface area (Å²) in [5.74, 6) is 0.0758. The Morgan fingerprint density at radius 3 is 2.56 bits per heavy atom. The first-order valence-corrected chi connectivity index (χ1v) is 6.09. The molecule has 5 heteroatoms. The molecule has 0 fully saturated rings. The number of nitrogens with one attached hydrogen (secondary N) is 1. The smallest absolute Gasteiger partial charge is 0.234 e. The maximum atomic E-state index is 11.4. The zero-order chi connectivity index (χ0) is 12.6. The summed E-state index contributed by atoms with van der Waals surface area (Å²) in [5, 5.41) is 2.86. The molecule has 0 saturated carbocycles. The van der Waals surface area contributed by atoms with Crippen molar-refractivity contribution in [2.45, 2.75) is 39.2 Å². The van der Waals surface area contributed by atoms with Gasteiger partial charge in [0.15, 0.2) is 0 Å². The predicted octanol–water partition coefficient (Wildman–Crippen LogP) is 0.899. The van der Waals surface area contributed by atoms with E-state index >= 15 is 0 Å². The fraction of sp³-hybridized carbons (Fsp3) is 0.818. The van der Waals surface area contributed by atoms with Gasteiger partial charge in [0.05, 0.1) is 11.5 Å². The van der Waals surface area contributed by atoms with Crippen LogP contribution in [0, 0.1) is 0 Å². The molecule has 0 saturated heterocycles. The average Bonchev–Trinajstić information content (AvgIpc) is 2.10. The highest BCUT2D eigenvalue weighted by Crippen LogP contribution is 1.97. The Kier molecular flexibility index (Phi) is 8.11. The number of likely N-dealkylation sites (N-methyl/N-ethyl adjacent to an activating group) is 1. The lowest BCUT2D eigenvalue weighted by atomic mass is 10.2. The molecule has 0 heterocycles. The van der Waals surface area contributed by atoms with Crippen LogP contribution in [0.5, 0.6) is 0 Å². The number of unbranched alkanes of at least 4 members (excludes halogenated alkanes) is 1. The van der Waals surface area contributed by atoms with Crippen molar-refractivity contribution >= 4 is 23.1 Å². The van der Waals surface area contributed by atoms with Crippen molar-refractivity contribution in [3.05, 3.63) is 0 Å². The van der Waals surface area contributed by atoms with E-state index in [1.165, 1.54) is 0 Å². The number of rotatable bonds is 8. The molecule has 0 rings (SSSR count). The highest BCUT2D eigenvalue weighted by Gasteiger charge is 2.06. The minimum atomic E-state index is 0.0758. The van der Waals surface area contributed by atoms with E-state index < -0.39 is 0 Å². The van der Waals surface area contributed by atoms with Crippen molar-refractivity contribution < 1.29 is 4.79 Å². The largest absolute Gasteiger partial charge is 0.393 e. The second-order valence-corrected chi connectivity index (χ2v) is 4.91. The van der Waals surface area contributed by atoms with Gasteiger partial charge in [0.2, 0.25) is 5.91 Å². The molecule has 0 bridgehead atoms. The summed E-state index contributed by atoms with van der Waals surface area (Å²) in [5.41, 5.74) is 5.40. The number of carbonyl (C=O) groups excluding carboxylic acids is 1. The maximum absolute atomic E-state index is 11.4. The first-order valence-electron chi connectivity index (χ1n) is 5.68. The van der Waals surface area contributed by atoms with Crippen LogP contribution in [0.25, 0.3) is 0 Å². The van der Waals surface area contributed by atoms with E-state index in [1.54, 1.807) is 0 Å². The maximum Gasteiger partial charge on any atom is 0.234 e. The van der Waals surface area contributed by atoms with Gasteiger partial charge in [0.25, 0.3) is 0 Å². The van der Waals surface area contributed by atoms with Gasteiger partial charge in [-0.25, -0.2) is 0 Å². The monoisotopic (exact) mass is 245 g/mol. The van der Waals surface area contributed by atoms with Crippen LogP contribution in [0.1, 0.15) is 33.1 Å². The molecule has 0 aliphatic carbocycles. The van der Waals surface area contributed by atoms with E-state index in [9.17, 15) is 4.79 Å². The van der Waals surface area contributed by atoms with Crippen LogP contribution < -0.4 is 11.1 Å². The van der Waals surface area contributed by atoms with E-state index in [0.29, 0.717) is 11.5 Å². The van der Waals surface area contributed by atoms with E-state index in [1.807, 2.05) is 25.8 Å². The Bertz CT molecular complexity index is 231. The summed E-state index contributed by atoms with van der Waals surface area (Å²) in [6.45, 7) is 5.26. The minimum Gasteiger partial charge on any atom is -0.393 e.